The molecule has 3 rings (SSSR count). The molecule has 3 aliphatic rings. The van der Waals surface area contributed by atoms with Gasteiger partial charge in [-0.15, -0.1) is 0 Å². The number of rotatable bonds is 4. The van der Waals surface area contributed by atoms with E-state index in [2.05, 4.69) is 4.90 Å². The van der Waals surface area contributed by atoms with Crippen molar-refractivity contribution >= 4 is 11.9 Å². The van der Waals surface area contributed by atoms with Gasteiger partial charge in [-0.2, -0.15) is 0 Å². The summed E-state index contributed by atoms with van der Waals surface area (Å²) in [4.78, 5) is 30.1. The Kier molecular flexibility index (Phi) is 4.21. The van der Waals surface area contributed by atoms with Gasteiger partial charge in [0.25, 0.3) is 5.91 Å². The molecule has 0 saturated carbocycles. The van der Waals surface area contributed by atoms with Crippen molar-refractivity contribution in [1.82, 2.24) is 14.7 Å². The number of imide groups is 1. The molecule has 112 valence electrons. The van der Waals surface area contributed by atoms with Crippen LogP contribution in [-0.2, 0) is 9.53 Å². The molecule has 3 fully saturated rings. The van der Waals surface area contributed by atoms with E-state index < -0.39 is 0 Å². The summed E-state index contributed by atoms with van der Waals surface area (Å²) in [5.41, 5.74) is 0. The van der Waals surface area contributed by atoms with Crippen molar-refractivity contribution in [2.45, 2.75) is 31.7 Å². The molecule has 3 amide bonds. The quantitative estimate of drug-likeness (QED) is 0.705. The zero-order valence-electron chi connectivity index (χ0n) is 11.9. The molecule has 1 atom stereocenters. The zero-order chi connectivity index (χ0) is 13.9. The highest BCUT2D eigenvalue weighted by Crippen LogP contribution is 2.26. The van der Waals surface area contributed by atoms with Crippen LogP contribution in [-0.4, -0.2) is 78.6 Å². The van der Waals surface area contributed by atoms with Crippen LogP contribution in [0.3, 0.4) is 0 Å². The van der Waals surface area contributed by atoms with Crippen LogP contribution in [0.25, 0.3) is 0 Å². The molecule has 0 aromatic carbocycles. The van der Waals surface area contributed by atoms with Gasteiger partial charge in [-0.1, -0.05) is 0 Å². The van der Waals surface area contributed by atoms with Crippen molar-refractivity contribution < 1.29 is 14.3 Å². The van der Waals surface area contributed by atoms with Crippen molar-refractivity contribution in [1.29, 1.82) is 0 Å². The van der Waals surface area contributed by atoms with Gasteiger partial charge in [0, 0.05) is 32.7 Å². The van der Waals surface area contributed by atoms with Crippen LogP contribution in [0.5, 0.6) is 0 Å². The first kappa shape index (κ1) is 13.8. The molecule has 0 aliphatic carbocycles. The molecular weight excluding hydrogens is 258 g/mol. The van der Waals surface area contributed by atoms with E-state index in [1.807, 2.05) is 0 Å². The largest absolute Gasteiger partial charge is 0.379 e. The van der Waals surface area contributed by atoms with Crippen LogP contribution in [0.1, 0.15) is 25.7 Å². The number of carbonyl (C=O) groups is 2. The minimum atomic E-state index is -0.167. The molecule has 3 saturated heterocycles. The lowest BCUT2D eigenvalue weighted by Crippen LogP contribution is -2.39. The Balaban J connectivity index is 1.49. The second kappa shape index (κ2) is 6.10. The van der Waals surface area contributed by atoms with Gasteiger partial charge in [-0.25, -0.2) is 4.79 Å². The lowest BCUT2D eigenvalue weighted by atomic mass is 10.0. The summed E-state index contributed by atoms with van der Waals surface area (Å²) in [7, 11) is 0. The molecule has 0 aromatic heterocycles. The Morgan fingerprint density at radius 2 is 1.85 bits per heavy atom. The Morgan fingerprint density at radius 1 is 1.05 bits per heavy atom. The van der Waals surface area contributed by atoms with Gasteiger partial charge in [-0.05, 0) is 25.7 Å². The van der Waals surface area contributed by atoms with Crippen LogP contribution in [0.4, 0.5) is 4.79 Å². The lowest BCUT2D eigenvalue weighted by Gasteiger charge is -2.27. The van der Waals surface area contributed by atoms with Gasteiger partial charge in [0.2, 0.25) is 0 Å². The third-order valence-corrected chi connectivity index (χ3v) is 4.49. The molecule has 0 spiro atoms. The van der Waals surface area contributed by atoms with Crippen LogP contribution >= 0.6 is 0 Å². The molecule has 0 radical (unpaired) electrons. The SMILES string of the molecule is O=C1[C@H]2CCCCN2C(=O)N1CCCN1CCOCC1. The van der Waals surface area contributed by atoms with E-state index >= 15 is 0 Å². The minimum Gasteiger partial charge on any atom is -0.379 e. The molecule has 0 bridgehead atoms. The highest BCUT2D eigenvalue weighted by molar-refractivity contribution is 6.04. The standard InChI is InChI=1S/C14H23N3O3/c18-13-12-4-1-2-6-16(12)14(19)17(13)7-3-5-15-8-10-20-11-9-15/h12H,1-11H2/t12-/m1/s1. The highest BCUT2D eigenvalue weighted by Gasteiger charge is 2.45. The van der Waals surface area contributed by atoms with Gasteiger partial charge >= 0.3 is 6.03 Å². The third-order valence-electron chi connectivity index (χ3n) is 4.49. The summed E-state index contributed by atoms with van der Waals surface area (Å²) in [6.45, 7) is 5.73. The minimum absolute atomic E-state index is 0.0247. The number of carbonyl (C=O) groups excluding carboxylic acids is 2. The Bertz CT molecular complexity index is 358. The lowest BCUT2D eigenvalue weighted by molar-refractivity contribution is -0.128. The van der Waals surface area contributed by atoms with E-state index in [1.54, 1.807) is 4.90 Å². The number of piperidine rings is 1. The summed E-state index contributed by atoms with van der Waals surface area (Å²) in [5, 5.41) is 0. The van der Waals surface area contributed by atoms with Crippen molar-refractivity contribution in [2.24, 2.45) is 0 Å². The van der Waals surface area contributed by atoms with Gasteiger partial charge < -0.3 is 9.64 Å². The van der Waals surface area contributed by atoms with Gasteiger partial charge in [0.1, 0.15) is 6.04 Å². The number of ether oxygens (including phenoxy) is 1. The number of morpholine rings is 1. The molecule has 3 aliphatic heterocycles. The fourth-order valence-electron chi connectivity index (χ4n) is 3.33. The first-order valence-electron chi connectivity index (χ1n) is 7.69. The Morgan fingerprint density at radius 3 is 2.60 bits per heavy atom. The summed E-state index contributed by atoms with van der Waals surface area (Å²) >= 11 is 0. The zero-order valence-corrected chi connectivity index (χ0v) is 11.9. The molecule has 0 aromatic rings. The molecular formula is C14H23N3O3. The topological polar surface area (TPSA) is 53.1 Å². The smallest absolute Gasteiger partial charge is 0.327 e. The van der Waals surface area contributed by atoms with Crippen molar-refractivity contribution in [3.8, 4) is 0 Å². The molecule has 0 N–H and O–H groups in total. The van der Waals surface area contributed by atoms with E-state index in [9.17, 15) is 9.59 Å². The van der Waals surface area contributed by atoms with Gasteiger partial charge in [0.05, 0.1) is 13.2 Å². The normalized spacial score (nSPS) is 28.1. The first-order chi connectivity index (χ1) is 9.77. The first-order valence-corrected chi connectivity index (χ1v) is 7.69. The van der Waals surface area contributed by atoms with Crippen molar-refractivity contribution in [2.75, 3.05) is 45.9 Å². The van der Waals surface area contributed by atoms with Gasteiger partial charge in [-0.3, -0.25) is 14.6 Å². The second-order valence-corrected chi connectivity index (χ2v) is 5.78. The molecule has 0 unspecified atom stereocenters. The summed E-state index contributed by atoms with van der Waals surface area (Å²) in [6.07, 6.45) is 3.78. The fraction of sp³-hybridized carbons (Fsp3) is 0.857. The second-order valence-electron chi connectivity index (χ2n) is 5.78. The summed E-state index contributed by atoms with van der Waals surface area (Å²) < 4.78 is 5.31. The number of fused-ring (bicyclic) bond motifs is 1. The summed E-state index contributed by atoms with van der Waals surface area (Å²) in [6, 6.07) is -0.235. The highest BCUT2D eigenvalue weighted by atomic mass is 16.5. The average molecular weight is 281 g/mol. The van der Waals surface area contributed by atoms with Crippen LogP contribution < -0.4 is 0 Å². The van der Waals surface area contributed by atoms with Crippen molar-refractivity contribution in [3.05, 3.63) is 0 Å². The number of hydrogen-bond donors (Lipinski definition) is 0. The van der Waals surface area contributed by atoms with Crippen LogP contribution in [0.15, 0.2) is 0 Å². The molecule has 6 nitrogen and oxygen atoms in total. The fourth-order valence-corrected chi connectivity index (χ4v) is 3.33. The monoisotopic (exact) mass is 281 g/mol. The average Bonchev–Trinajstić information content (AvgIpc) is 2.74. The molecule has 3 heterocycles. The number of nitrogens with zero attached hydrogens (tertiary/aromatic N) is 3. The number of urea groups is 1. The van der Waals surface area contributed by atoms with E-state index in [4.69, 9.17) is 4.74 Å². The van der Waals surface area contributed by atoms with E-state index in [0.29, 0.717) is 6.54 Å². The number of hydrogen-bond acceptors (Lipinski definition) is 4. The van der Waals surface area contributed by atoms with Crippen LogP contribution in [0, 0.1) is 0 Å². The van der Waals surface area contributed by atoms with Crippen LogP contribution in [0.2, 0.25) is 0 Å². The third kappa shape index (κ3) is 2.67. The maximum atomic E-state index is 12.3. The Hall–Kier alpha value is -1.14. The van der Waals surface area contributed by atoms with E-state index in [1.165, 1.54) is 4.90 Å². The predicted octanol–water partition coefficient (Wildman–Crippen LogP) is 0.525. The maximum Gasteiger partial charge on any atom is 0.327 e. The van der Waals surface area contributed by atoms with Gasteiger partial charge in [0.15, 0.2) is 0 Å². The molecule has 6 heteroatoms. The van der Waals surface area contributed by atoms with E-state index in [0.717, 1.165) is 65.1 Å². The predicted molar refractivity (Wildman–Crippen MR) is 73.3 cm³/mol. The summed E-state index contributed by atoms with van der Waals surface area (Å²) in [5.74, 6) is 0.0247. The molecule has 20 heavy (non-hydrogen) atoms. The van der Waals surface area contributed by atoms with Crippen molar-refractivity contribution in [3.63, 3.8) is 0 Å². The van der Waals surface area contributed by atoms with E-state index in [-0.39, 0.29) is 18.0 Å². The Labute approximate surface area is 119 Å². The maximum absolute atomic E-state index is 12.3. The number of amides is 3.